The summed E-state index contributed by atoms with van der Waals surface area (Å²) in [6.45, 7) is 13.1. The third-order valence-electron chi connectivity index (χ3n) is 3.68. The van der Waals surface area contributed by atoms with E-state index in [1.54, 1.807) is 0 Å². The molecule has 0 heterocycles. The maximum absolute atomic E-state index is 3.68. The van der Waals surface area contributed by atoms with Gasteiger partial charge in [0, 0.05) is 0 Å². The van der Waals surface area contributed by atoms with Gasteiger partial charge in [0.15, 0.2) is 5.91 Å². The molecule has 0 spiro atoms. The Kier molecular flexibility index (Phi) is 14.7. The van der Waals surface area contributed by atoms with Crippen LogP contribution in [0, 0.1) is 0 Å². The molecule has 0 aliphatic heterocycles. The van der Waals surface area contributed by atoms with Crippen molar-refractivity contribution in [3.05, 3.63) is 0 Å². The Balaban J connectivity index is 4.52. The van der Waals surface area contributed by atoms with E-state index in [4.69, 9.17) is 0 Å². The third kappa shape index (κ3) is 11.1. The van der Waals surface area contributed by atoms with Gasteiger partial charge in [-0.2, -0.15) is 0 Å². The standard InChI is InChI=1S/C17H40N4/c1-5-9-13-18-17(19-14-10-6-2,20-15-11-7-3)21-16-12-8-4/h18-21H,5-16H2,1-4H3. The van der Waals surface area contributed by atoms with E-state index >= 15 is 0 Å². The van der Waals surface area contributed by atoms with Crippen molar-refractivity contribution in [2.45, 2.75) is 85.0 Å². The summed E-state index contributed by atoms with van der Waals surface area (Å²) >= 11 is 0. The first kappa shape index (κ1) is 20.8. The highest BCUT2D eigenvalue weighted by atomic mass is 15.5. The van der Waals surface area contributed by atoms with Gasteiger partial charge in [-0.15, -0.1) is 0 Å². The van der Waals surface area contributed by atoms with Crippen molar-refractivity contribution in [3.63, 3.8) is 0 Å². The van der Waals surface area contributed by atoms with Crippen LogP contribution in [0.2, 0.25) is 0 Å². The zero-order valence-electron chi connectivity index (χ0n) is 15.0. The van der Waals surface area contributed by atoms with Crippen molar-refractivity contribution in [1.82, 2.24) is 21.3 Å². The van der Waals surface area contributed by atoms with Crippen molar-refractivity contribution in [3.8, 4) is 0 Å². The summed E-state index contributed by atoms with van der Waals surface area (Å²) in [7, 11) is 0. The molecule has 0 aliphatic rings. The molecule has 4 N–H and O–H groups in total. The van der Waals surface area contributed by atoms with Gasteiger partial charge in [0.05, 0.1) is 0 Å². The molecule has 0 atom stereocenters. The Morgan fingerprint density at radius 2 is 0.714 bits per heavy atom. The molecular formula is C17H40N4. The SMILES string of the molecule is CCCCNC(NCCCC)(NCCCC)NCCCC. The predicted octanol–water partition coefficient (Wildman–Crippen LogP) is 3.16. The second kappa shape index (κ2) is 14.8. The van der Waals surface area contributed by atoms with E-state index < -0.39 is 0 Å². The zero-order valence-corrected chi connectivity index (χ0v) is 15.0. The average Bonchev–Trinajstić information content (AvgIpc) is 2.48. The molecule has 0 aromatic carbocycles. The first-order valence-corrected chi connectivity index (χ1v) is 9.24. The highest BCUT2D eigenvalue weighted by molar-refractivity contribution is 4.80. The first-order valence-electron chi connectivity index (χ1n) is 9.24. The summed E-state index contributed by atoms with van der Waals surface area (Å²) in [4.78, 5) is 0. The molecule has 4 nitrogen and oxygen atoms in total. The van der Waals surface area contributed by atoms with Gasteiger partial charge in [-0.3, -0.25) is 21.3 Å². The minimum atomic E-state index is -0.297. The highest BCUT2D eigenvalue weighted by Gasteiger charge is 2.26. The fraction of sp³-hybridized carbons (Fsp3) is 1.00. The van der Waals surface area contributed by atoms with Crippen molar-refractivity contribution in [2.24, 2.45) is 0 Å². The molecule has 0 saturated carbocycles. The summed E-state index contributed by atoms with van der Waals surface area (Å²) in [5.41, 5.74) is 0. The fourth-order valence-corrected chi connectivity index (χ4v) is 2.19. The molecule has 0 aromatic heterocycles. The van der Waals surface area contributed by atoms with Crippen LogP contribution in [0.25, 0.3) is 0 Å². The van der Waals surface area contributed by atoms with Crippen molar-refractivity contribution < 1.29 is 0 Å². The Hall–Kier alpha value is -0.160. The lowest BCUT2D eigenvalue weighted by Crippen LogP contribution is -2.75. The second-order valence-corrected chi connectivity index (χ2v) is 5.87. The van der Waals surface area contributed by atoms with Crippen LogP contribution in [0.15, 0.2) is 0 Å². The first-order chi connectivity index (χ1) is 10.2. The van der Waals surface area contributed by atoms with Gasteiger partial charge < -0.3 is 0 Å². The number of hydrogen-bond donors (Lipinski definition) is 4. The smallest absolute Gasteiger partial charge is 0.181 e. The number of hydrogen-bond acceptors (Lipinski definition) is 4. The van der Waals surface area contributed by atoms with Gasteiger partial charge in [-0.05, 0) is 51.9 Å². The van der Waals surface area contributed by atoms with Crippen LogP contribution in [0.5, 0.6) is 0 Å². The molecule has 0 aromatic rings. The molecule has 0 radical (unpaired) electrons. The van der Waals surface area contributed by atoms with Gasteiger partial charge in [-0.1, -0.05) is 53.4 Å². The van der Waals surface area contributed by atoms with E-state index in [2.05, 4.69) is 49.0 Å². The molecule has 0 saturated heterocycles. The lowest BCUT2D eigenvalue weighted by Gasteiger charge is -2.38. The number of nitrogens with one attached hydrogen (secondary N) is 4. The minimum absolute atomic E-state index is 0.297. The molecule has 0 fully saturated rings. The zero-order chi connectivity index (χ0) is 15.8. The summed E-state index contributed by atoms with van der Waals surface area (Å²) in [5, 5.41) is 14.7. The molecule has 4 heteroatoms. The Bertz CT molecular complexity index is 163. The maximum atomic E-state index is 3.68. The van der Waals surface area contributed by atoms with E-state index in [9.17, 15) is 0 Å². The van der Waals surface area contributed by atoms with Gasteiger partial charge >= 0.3 is 0 Å². The number of unbranched alkanes of at least 4 members (excludes halogenated alkanes) is 4. The van der Waals surface area contributed by atoms with Crippen LogP contribution in [0.4, 0.5) is 0 Å². The minimum Gasteiger partial charge on any atom is -0.274 e. The summed E-state index contributed by atoms with van der Waals surface area (Å²) in [6, 6.07) is 0. The maximum Gasteiger partial charge on any atom is 0.181 e. The Morgan fingerprint density at radius 1 is 0.476 bits per heavy atom. The van der Waals surface area contributed by atoms with E-state index in [0.717, 1.165) is 26.2 Å². The van der Waals surface area contributed by atoms with Crippen LogP contribution >= 0.6 is 0 Å². The monoisotopic (exact) mass is 300 g/mol. The summed E-state index contributed by atoms with van der Waals surface area (Å²) in [6.07, 6.45) is 9.74. The summed E-state index contributed by atoms with van der Waals surface area (Å²) in [5.74, 6) is -0.297. The molecule has 0 unspecified atom stereocenters. The Morgan fingerprint density at radius 3 is 0.905 bits per heavy atom. The number of rotatable bonds is 16. The van der Waals surface area contributed by atoms with Gasteiger partial charge in [0.1, 0.15) is 0 Å². The highest BCUT2D eigenvalue weighted by Crippen LogP contribution is 1.98. The topological polar surface area (TPSA) is 48.1 Å². The molecule has 0 amide bonds. The average molecular weight is 301 g/mol. The predicted molar refractivity (Wildman–Crippen MR) is 94.4 cm³/mol. The molecule has 0 bridgehead atoms. The van der Waals surface area contributed by atoms with E-state index in [1.165, 1.54) is 51.4 Å². The molecule has 21 heavy (non-hydrogen) atoms. The van der Waals surface area contributed by atoms with Crippen molar-refractivity contribution >= 4 is 0 Å². The van der Waals surface area contributed by atoms with Crippen LogP contribution in [0.1, 0.15) is 79.1 Å². The summed E-state index contributed by atoms with van der Waals surface area (Å²) < 4.78 is 0. The molecule has 0 rings (SSSR count). The molecule has 128 valence electrons. The van der Waals surface area contributed by atoms with E-state index in [0.29, 0.717) is 0 Å². The van der Waals surface area contributed by atoms with Crippen LogP contribution < -0.4 is 21.3 Å². The van der Waals surface area contributed by atoms with Crippen molar-refractivity contribution in [1.29, 1.82) is 0 Å². The van der Waals surface area contributed by atoms with E-state index in [-0.39, 0.29) is 5.91 Å². The lowest BCUT2D eigenvalue weighted by atomic mass is 10.3. The molecule has 0 aliphatic carbocycles. The van der Waals surface area contributed by atoms with Gasteiger partial charge in [-0.25, -0.2) is 0 Å². The van der Waals surface area contributed by atoms with Crippen LogP contribution in [0.3, 0.4) is 0 Å². The lowest BCUT2D eigenvalue weighted by molar-refractivity contribution is 0.145. The third-order valence-corrected chi connectivity index (χ3v) is 3.68. The van der Waals surface area contributed by atoms with Gasteiger partial charge in [0.25, 0.3) is 0 Å². The normalized spacial score (nSPS) is 12.0. The van der Waals surface area contributed by atoms with Crippen LogP contribution in [-0.2, 0) is 0 Å². The molecular weight excluding hydrogens is 260 g/mol. The van der Waals surface area contributed by atoms with Gasteiger partial charge in [0.2, 0.25) is 0 Å². The van der Waals surface area contributed by atoms with Crippen molar-refractivity contribution in [2.75, 3.05) is 26.2 Å². The van der Waals surface area contributed by atoms with Crippen LogP contribution in [-0.4, -0.2) is 32.1 Å². The fourth-order valence-electron chi connectivity index (χ4n) is 2.19. The quantitative estimate of drug-likeness (QED) is 0.261. The van der Waals surface area contributed by atoms with E-state index in [1.807, 2.05) is 0 Å². The largest absolute Gasteiger partial charge is 0.274 e. The Labute approximate surface area is 133 Å². The second-order valence-electron chi connectivity index (χ2n) is 5.87.